The zero-order chi connectivity index (χ0) is 15.0. The molecule has 3 amide bonds. The van der Waals surface area contributed by atoms with E-state index in [4.69, 9.17) is 5.11 Å². The summed E-state index contributed by atoms with van der Waals surface area (Å²) in [7, 11) is 1.54. The maximum Gasteiger partial charge on any atom is 0.321 e. The van der Waals surface area contributed by atoms with Crippen molar-refractivity contribution in [1.82, 2.24) is 15.5 Å². The molecule has 0 aliphatic heterocycles. The third-order valence-corrected chi connectivity index (χ3v) is 2.52. The largest absolute Gasteiger partial charge is 0.480 e. The molecule has 0 rings (SSSR count). The van der Waals surface area contributed by atoms with Gasteiger partial charge >= 0.3 is 12.0 Å². The topological polar surface area (TPSA) is 98.7 Å². The summed E-state index contributed by atoms with van der Waals surface area (Å²) in [4.78, 5) is 35.2. The quantitative estimate of drug-likeness (QED) is 0.618. The van der Waals surface area contributed by atoms with Gasteiger partial charge in [-0.15, -0.1) is 0 Å². The molecule has 7 heteroatoms. The number of carboxylic acids is 1. The van der Waals surface area contributed by atoms with Crippen molar-refractivity contribution in [2.75, 3.05) is 20.1 Å². The monoisotopic (exact) mass is 273 g/mol. The molecule has 0 heterocycles. The molecule has 19 heavy (non-hydrogen) atoms. The van der Waals surface area contributed by atoms with Crippen molar-refractivity contribution in [2.24, 2.45) is 5.92 Å². The maximum absolute atomic E-state index is 11.5. The highest BCUT2D eigenvalue weighted by molar-refractivity contribution is 5.95. The fourth-order valence-corrected chi connectivity index (χ4v) is 1.52. The Morgan fingerprint density at radius 1 is 1.26 bits per heavy atom. The van der Waals surface area contributed by atoms with E-state index in [2.05, 4.69) is 10.6 Å². The third-order valence-electron chi connectivity index (χ3n) is 2.52. The highest BCUT2D eigenvalue weighted by Crippen LogP contribution is 2.01. The number of carbonyl (C=O) groups excluding carboxylic acids is 2. The van der Waals surface area contributed by atoms with Crippen LogP contribution in [0.1, 0.15) is 27.2 Å². The first kappa shape index (κ1) is 17.4. The lowest BCUT2D eigenvalue weighted by molar-refractivity contribution is -0.143. The molecule has 0 radical (unpaired) electrons. The molecule has 0 aromatic rings. The Labute approximate surface area is 113 Å². The van der Waals surface area contributed by atoms with Gasteiger partial charge in [-0.25, -0.2) is 4.79 Å². The second kappa shape index (κ2) is 8.47. The van der Waals surface area contributed by atoms with Crippen LogP contribution in [0.2, 0.25) is 0 Å². The second-order valence-corrected chi connectivity index (χ2v) is 4.83. The molecule has 1 atom stereocenters. The summed E-state index contributed by atoms with van der Waals surface area (Å²) in [5, 5.41) is 13.6. The van der Waals surface area contributed by atoms with E-state index in [-0.39, 0.29) is 6.54 Å². The number of nitrogens with one attached hydrogen (secondary N) is 2. The lowest BCUT2D eigenvalue weighted by Gasteiger charge is -2.22. The first-order valence-corrected chi connectivity index (χ1v) is 6.28. The van der Waals surface area contributed by atoms with Gasteiger partial charge < -0.3 is 10.4 Å². The highest BCUT2D eigenvalue weighted by atomic mass is 16.4. The van der Waals surface area contributed by atoms with Crippen molar-refractivity contribution >= 4 is 17.9 Å². The Morgan fingerprint density at radius 3 is 2.26 bits per heavy atom. The average molecular weight is 273 g/mol. The maximum atomic E-state index is 11.5. The minimum absolute atomic E-state index is 0.139. The van der Waals surface area contributed by atoms with Crippen LogP contribution in [-0.2, 0) is 9.59 Å². The number of carboxylic acid groups (broad SMARTS) is 1. The van der Waals surface area contributed by atoms with E-state index >= 15 is 0 Å². The van der Waals surface area contributed by atoms with Gasteiger partial charge in [0.2, 0.25) is 5.91 Å². The van der Waals surface area contributed by atoms with Crippen molar-refractivity contribution in [1.29, 1.82) is 0 Å². The lowest BCUT2D eigenvalue weighted by Crippen LogP contribution is -2.48. The Hall–Kier alpha value is -1.63. The van der Waals surface area contributed by atoms with Crippen LogP contribution < -0.4 is 10.6 Å². The summed E-state index contributed by atoms with van der Waals surface area (Å²) in [5.74, 6) is -1.22. The van der Waals surface area contributed by atoms with Crippen molar-refractivity contribution in [2.45, 2.75) is 33.2 Å². The number of likely N-dealkylation sites (N-methyl/N-ethyl adjacent to an activating group) is 1. The van der Waals surface area contributed by atoms with Gasteiger partial charge in [-0.1, -0.05) is 20.8 Å². The van der Waals surface area contributed by atoms with Gasteiger partial charge in [-0.05, 0) is 19.4 Å². The van der Waals surface area contributed by atoms with Crippen LogP contribution in [0.3, 0.4) is 0 Å². The molecule has 0 spiro atoms. The molecule has 0 bridgehead atoms. The van der Waals surface area contributed by atoms with E-state index in [1.165, 1.54) is 11.9 Å². The summed E-state index contributed by atoms with van der Waals surface area (Å²) >= 11 is 0. The fourth-order valence-electron chi connectivity index (χ4n) is 1.52. The number of urea groups is 1. The smallest absolute Gasteiger partial charge is 0.321 e. The highest BCUT2D eigenvalue weighted by Gasteiger charge is 2.22. The van der Waals surface area contributed by atoms with Crippen molar-refractivity contribution < 1.29 is 19.5 Å². The van der Waals surface area contributed by atoms with E-state index in [9.17, 15) is 14.4 Å². The van der Waals surface area contributed by atoms with Crippen LogP contribution in [0.5, 0.6) is 0 Å². The van der Waals surface area contributed by atoms with Crippen LogP contribution in [-0.4, -0.2) is 54.1 Å². The number of aliphatic carboxylic acids is 1. The zero-order valence-electron chi connectivity index (χ0n) is 11.9. The van der Waals surface area contributed by atoms with Crippen LogP contribution >= 0.6 is 0 Å². The predicted molar refractivity (Wildman–Crippen MR) is 70.7 cm³/mol. The van der Waals surface area contributed by atoms with Crippen LogP contribution in [0.15, 0.2) is 0 Å². The molecule has 0 saturated heterocycles. The predicted octanol–water partition coefficient (Wildman–Crippen LogP) is 0.263. The number of amides is 3. The molecule has 3 N–H and O–H groups in total. The SMILES string of the molecule is CCC(C(=O)O)N(C)CC(=O)NC(=O)NCC(C)C. The Morgan fingerprint density at radius 2 is 1.84 bits per heavy atom. The van der Waals surface area contributed by atoms with Gasteiger partial charge in [0, 0.05) is 6.54 Å². The number of imide groups is 1. The van der Waals surface area contributed by atoms with E-state index in [0.29, 0.717) is 18.9 Å². The van der Waals surface area contributed by atoms with Crippen molar-refractivity contribution in [3.05, 3.63) is 0 Å². The van der Waals surface area contributed by atoms with E-state index < -0.39 is 23.9 Å². The van der Waals surface area contributed by atoms with Gasteiger partial charge in [-0.3, -0.25) is 19.8 Å². The number of carbonyl (C=O) groups is 3. The van der Waals surface area contributed by atoms with Gasteiger partial charge in [0.05, 0.1) is 6.54 Å². The van der Waals surface area contributed by atoms with Crippen LogP contribution in [0.25, 0.3) is 0 Å². The summed E-state index contributed by atoms with van der Waals surface area (Å²) in [6, 6.07) is -1.29. The molecule has 1 unspecified atom stereocenters. The molecule has 0 aliphatic carbocycles. The van der Waals surface area contributed by atoms with Gasteiger partial charge in [0.15, 0.2) is 0 Å². The minimum atomic E-state index is -0.984. The Kier molecular flexibility index (Phi) is 7.74. The first-order valence-electron chi connectivity index (χ1n) is 6.28. The van der Waals surface area contributed by atoms with Crippen molar-refractivity contribution in [3.8, 4) is 0 Å². The van der Waals surface area contributed by atoms with Gasteiger partial charge in [0.1, 0.15) is 6.04 Å². The fraction of sp³-hybridized carbons (Fsp3) is 0.750. The Balaban J connectivity index is 4.16. The first-order chi connectivity index (χ1) is 8.77. The van der Waals surface area contributed by atoms with E-state index in [1.54, 1.807) is 6.92 Å². The third kappa shape index (κ3) is 7.40. The summed E-state index contributed by atoms with van der Waals surface area (Å²) in [6.07, 6.45) is 0.388. The molecular weight excluding hydrogens is 250 g/mol. The molecule has 110 valence electrons. The second-order valence-electron chi connectivity index (χ2n) is 4.83. The number of nitrogens with zero attached hydrogens (tertiary/aromatic N) is 1. The van der Waals surface area contributed by atoms with Gasteiger partial charge in [0.25, 0.3) is 0 Å². The van der Waals surface area contributed by atoms with Crippen LogP contribution in [0, 0.1) is 5.92 Å². The lowest BCUT2D eigenvalue weighted by atomic mass is 10.2. The van der Waals surface area contributed by atoms with E-state index in [0.717, 1.165) is 0 Å². The average Bonchev–Trinajstić information content (AvgIpc) is 2.26. The molecule has 0 aromatic carbocycles. The van der Waals surface area contributed by atoms with Gasteiger partial charge in [-0.2, -0.15) is 0 Å². The Bertz CT molecular complexity index is 331. The van der Waals surface area contributed by atoms with Crippen LogP contribution in [0.4, 0.5) is 4.79 Å². The molecular formula is C12H23N3O4. The molecule has 0 saturated carbocycles. The number of rotatable bonds is 7. The summed E-state index contributed by atoms with van der Waals surface area (Å²) in [5.41, 5.74) is 0. The number of hydrogen-bond acceptors (Lipinski definition) is 4. The minimum Gasteiger partial charge on any atom is -0.480 e. The normalized spacial score (nSPS) is 12.3. The number of hydrogen-bond donors (Lipinski definition) is 3. The standard InChI is InChI=1S/C12H23N3O4/c1-5-9(11(17)18)15(4)7-10(16)14-12(19)13-6-8(2)3/h8-9H,5-7H2,1-4H3,(H,17,18)(H2,13,14,16,19). The zero-order valence-corrected chi connectivity index (χ0v) is 11.9. The molecule has 0 aliphatic rings. The summed E-state index contributed by atoms with van der Waals surface area (Å²) < 4.78 is 0. The summed E-state index contributed by atoms with van der Waals surface area (Å²) in [6.45, 7) is 5.94. The molecule has 0 aromatic heterocycles. The van der Waals surface area contributed by atoms with E-state index in [1.807, 2.05) is 13.8 Å². The molecule has 0 fully saturated rings. The molecule has 7 nitrogen and oxygen atoms in total. The van der Waals surface area contributed by atoms with Crippen molar-refractivity contribution in [3.63, 3.8) is 0 Å².